The van der Waals surface area contributed by atoms with Crippen LogP contribution >= 0.6 is 11.6 Å². The first kappa shape index (κ1) is 30.6. The van der Waals surface area contributed by atoms with E-state index in [1.165, 1.54) is 4.90 Å². The fourth-order valence-corrected chi connectivity index (χ4v) is 7.23. The third-order valence-electron chi connectivity index (χ3n) is 9.14. The molecule has 45 heavy (non-hydrogen) atoms. The van der Waals surface area contributed by atoms with E-state index >= 15 is 0 Å². The molecule has 0 aliphatic carbocycles. The molecular weight excluding hydrogens is 593 g/mol. The highest BCUT2D eigenvalue weighted by molar-refractivity contribution is 6.36. The number of hydrogen-bond donors (Lipinski definition) is 0. The second-order valence-corrected chi connectivity index (χ2v) is 12.5. The molecule has 1 amide bonds. The van der Waals surface area contributed by atoms with Crippen molar-refractivity contribution in [1.82, 2.24) is 14.8 Å². The van der Waals surface area contributed by atoms with Crippen LogP contribution in [0, 0.1) is 28.6 Å². The summed E-state index contributed by atoms with van der Waals surface area (Å²) in [5.74, 6) is -1.22. The topological polar surface area (TPSA) is 99.7 Å². The number of carbonyl (C=O) groups is 1. The molecule has 3 aliphatic rings. The number of aromatic nitrogens is 1. The van der Waals surface area contributed by atoms with Gasteiger partial charge in [-0.3, -0.25) is 4.79 Å². The minimum atomic E-state index is -1.05. The molecule has 2 atom stereocenters. The molecule has 3 aromatic rings. The third-order valence-corrected chi connectivity index (χ3v) is 9.46. The number of nitriles is 2. The Morgan fingerprint density at radius 2 is 1.93 bits per heavy atom. The lowest BCUT2D eigenvalue weighted by Gasteiger charge is -2.43. The minimum Gasteiger partial charge on any atom is -0.476 e. The molecule has 232 valence electrons. The lowest BCUT2D eigenvalue weighted by Crippen LogP contribution is -2.55. The van der Waals surface area contributed by atoms with Crippen molar-refractivity contribution in [2.75, 3.05) is 62.7 Å². The van der Waals surface area contributed by atoms with E-state index in [0.29, 0.717) is 55.0 Å². The molecule has 1 aromatic heterocycles. The Bertz CT molecular complexity index is 1730. The van der Waals surface area contributed by atoms with Crippen LogP contribution in [-0.2, 0) is 17.8 Å². The standard InChI is InChI=1S/C34H35ClFN7O2/c1-22(36)34(44)43-16-15-42(19-25(43)9-12-37)32-26-11-14-41(30-8-4-6-24-5-3-7-28(35)31(24)30)20-29(26)39-33(27(32)17-38)45-21-23-10-13-40(2)18-23/h3-8,23,25H,1,9-11,13-16,18-21H2,2H3/t23-,25+/m1/s1. The normalized spacial score (nSPS) is 20.1. The number of halogens is 2. The van der Waals surface area contributed by atoms with Crippen LogP contribution in [0.1, 0.15) is 29.7 Å². The van der Waals surface area contributed by atoms with Gasteiger partial charge >= 0.3 is 0 Å². The number of carbonyl (C=O) groups excluding carboxylic acids is 1. The number of amides is 1. The smallest absolute Gasteiger partial charge is 0.282 e. The van der Waals surface area contributed by atoms with Gasteiger partial charge in [-0.15, -0.1) is 0 Å². The lowest BCUT2D eigenvalue weighted by atomic mass is 9.96. The molecule has 0 N–H and O–H groups in total. The zero-order valence-corrected chi connectivity index (χ0v) is 26.1. The van der Waals surface area contributed by atoms with Crippen molar-refractivity contribution < 1.29 is 13.9 Å². The first-order chi connectivity index (χ1) is 21.8. The summed E-state index contributed by atoms with van der Waals surface area (Å²) >= 11 is 6.69. The molecule has 6 rings (SSSR count). The average molecular weight is 628 g/mol. The van der Waals surface area contributed by atoms with Gasteiger partial charge in [0.25, 0.3) is 5.91 Å². The predicted octanol–water partition coefficient (Wildman–Crippen LogP) is 5.07. The number of rotatable bonds is 7. The Balaban J connectivity index is 1.40. The van der Waals surface area contributed by atoms with Crippen molar-refractivity contribution in [1.29, 1.82) is 10.5 Å². The fourth-order valence-electron chi connectivity index (χ4n) is 6.96. The number of nitrogens with zero attached hydrogens (tertiary/aromatic N) is 7. The van der Waals surface area contributed by atoms with Crippen LogP contribution in [0.4, 0.5) is 15.8 Å². The van der Waals surface area contributed by atoms with Crippen LogP contribution < -0.4 is 14.5 Å². The molecule has 2 saturated heterocycles. The van der Waals surface area contributed by atoms with Crippen LogP contribution in [0.2, 0.25) is 5.02 Å². The summed E-state index contributed by atoms with van der Waals surface area (Å²) in [6, 6.07) is 16.0. The Kier molecular flexibility index (Phi) is 8.80. The van der Waals surface area contributed by atoms with E-state index in [4.69, 9.17) is 21.3 Å². The lowest BCUT2D eigenvalue weighted by molar-refractivity contribution is -0.131. The molecule has 2 fully saturated rings. The van der Waals surface area contributed by atoms with E-state index in [0.717, 1.165) is 52.9 Å². The van der Waals surface area contributed by atoms with E-state index in [1.54, 1.807) is 0 Å². The number of likely N-dealkylation sites (tertiary alicyclic amines) is 1. The zero-order valence-electron chi connectivity index (χ0n) is 25.3. The van der Waals surface area contributed by atoms with Crippen LogP contribution in [0.25, 0.3) is 10.8 Å². The van der Waals surface area contributed by atoms with Crippen molar-refractivity contribution in [2.45, 2.75) is 31.8 Å². The van der Waals surface area contributed by atoms with Crippen molar-refractivity contribution >= 4 is 39.7 Å². The van der Waals surface area contributed by atoms with Gasteiger partial charge in [0.15, 0.2) is 5.83 Å². The van der Waals surface area contributed by atoms with E-state index in [9.17, 15) is 19.7 Å². The van der Waals surface area contributed by atoms with Crippen molar-refractivity contribution in [2.24, 2.45) is 5.92 Å². The van der Waals surface area contributed by atoms with Crippen LogP contribution in [0.15, 0.2) is 48.8 Å². The van der Waals surface area contributed by atoms with E-state index in [2.05, 4.69) is 41.6 Å². The Hall–Kier alpha value is -4.38. The van der Waals surface area contributed by atoms with Crippen molar-refractivity contribution in [3.63, 3.8) is 0 Å². The number of ether oxygens (including phenoxy) is 1. The molecule has 9 nitrogen and oxygen atoms in total. The first-order valence-corrected chi connectivity index (χ1v) is 15.6. The minimum absolute atomic E-state index is 0.0266. The Morgan fingerprint density at radius 3 is 2.64 bits per heavy atom. The zero-order chi connectivity index (χ0) is 31.7. The summed E-state index contributed by atoms with van der Waals surface area (Å²) in [6.07, 6.45) is 1.65. The SMILES string of the molecule is C=C(F)C(=O)N1CCN(c2c(C#N)c(OC[C@@H]3CCN(C)C3)nc3c2CCN(c2cccc4cccc(Cl)c24)C3)C[C@@H]1CC#N. The number of benzene rings is 2. The Morgan fingerprint density at radius 1 is 1.13 bits per heavy atom. The largest absolute Gasteiger partial charge is 0.476 e. The monoisotopic (exact) mass is 627 g/mol. The van der Waals surface area contributed by atoms with Gasteiger partial charge in [-0.05, 0) is 44.0 Å². The highest BCUT2D eigenvalue weighted by Crippen LogP contribution is 2.40. The van der Waals surface area contributed by atoms with E-state index in [-0.39, 0.29) is 19.5 Å². The fraction of sp³-hybridized carbons (Fsp3) is 0.412. The van der Waals surface area contributed by atoms with Gasteiger partial charge in [-0.25, -0.2) is 9.37 Å². The number of anilines is 2. The molecule has 0 saturated carbocycles. The summed E-state index contributed by atoms with van der Waals surface area (Å²) in [5.41, 5.74) is 3.86. The van der Waals surface area contributed by atoms with Gasteiger partial charge in [0, 0.05) is 55.3 Å². The molecule has 0 spiro atoms. The average Bonchev–Trinajstić information content (AvgIpc) is 3.47. The third kappa shape index (κ3) is 6.01. The number of piperazine rings is 1. The first-order valence-electron chi connectivity index (χ1n) is 15.3. The summed E-state index contributed by atoms with van der Waals surface area (Å²) in [4.78, 5) is 25.5. The summed E-state index contributed by atoms with van der Waals surface area (Å²) < 4.78 is 20.2. The molecule has 11 heteroatoms. The van der Waals surface area contributed by atoms with Crippen LogP contribution in [0.5, 0.6) is 5.88 Å². The van der Waals surface area contributed by atoms with Crippen LogP contribution in [0.3, 0.4) is 0 Å². The van der Waals surface area contributed by atoms with Gasteiger partial charge < -0.3 is 24.3 Å². The second kappa shape index (κ2) is 12.9. The van der Waals surface area contributed by atoms with E-state index in [1.807, 2.05) is 35.2 Å². The van der Waals surface area contributed by atoms with Crippen LogP contribution in [-0.4, -0.2) is 79.7 Å². The van der Waals surface area contributed by atoms with Crippen molar-refractivity contribution in [3.05, 3.63) is 70.6 Å². The van der Waals surface area contributed by atoms with E-state index < -0.39 is 17.8 Å². The number of fused-ring (bicyclic) bond motifs is 2. The maximum absolute atomic E-state index is 13.9. The summed E-state index contributed by atoms with van der Waals surface area (Å²) in [6.45, 7) is 7.53. The molecule has 2 aromatic carbocycles. The molecule has 0 radical (unpaired) electrons. The van der Waals surface area contributed by atoms with Crippen molar-refractivity contribution in [3.8, 4) is 18.0 Å². The second-order valence-electron chi connectivity index (χ2n) is 12.1. The Labute approximate surface area is 267 Å². The number of hydrogen-bond acceptors (Lipinski definition) is 8. The predicted molar refractivity (Wildman–Crippen MR) is 172 cm³/mol. The highest BCUT2D eigenvalue weighted by Gasteiger charge is 2.36. The molecule has 4 heterocycles. The molecule has 0 unspecified atom stereocenters. The molecule has 0 bridgehead atoms. The van der Waals surface area contributed by atoms with Gasteiger partial charge in [0.1, 0.15) is 11.6 Å². The van der Waals surface area contributed by atoms with Gasteiger partial charge in [-0.2, -0.15) is 10.5 Å². The summed E-state index contributed by atoms with van der Waals surface area (Å²) in [7, 11) is 2.09. The molecular formula is C34H35ClFN7O2. The number of pyridine rings is 1. The molecule has 3 aliphatic heterocycles. The maximum Gasteiger partial charge on any atom is 0.282 e. The van der Waals surface area contributed by atoms with Gasteiger partial charge in [0.05, 0.1) is 48.1 Å². The highest BCUT2D eigenvalue weighted by atomic mass is 35.5. The quantitative estimate of drug-likeness (QED) is 0.335. The summed E-state index contributed by atoms with van der Waals surface area (Å²) in [5, 5.41) is 22.8. The van der Waals surface area contributed by atoms with Gasteiger partial charge in [0.2, 0.25) is 5.88 Å². The maximum atomic E-state index is 13.9. The van der Waals surface area contributed by atoms with Gasteiger partial charge in [-0.1, -0.05) is 42.4 Å².